The highest BCUT2D eigenvalue weighted by Crippen LogP contribution is 2.25. The van der Waals surface area contributed by atoms with Gasteiger partial charge in [0, 0.05) is 24.4 Å². The quantitative estimate of drug-likeness (QED) is 0.901. The predicted molar refractivity (Wildman–Crippen MR) is 68.8 cm³/mol. The molecule has 0 amide bonds. The van der Waals surface area contributed by atoms with Crippen molar-refractivity contribution < 1.29 is 9.50 Å². The Morgan fingerprint density at radius 2 is 2.11 bits per heavy atom. The minimum Gasteiger partial charge on any atom is -0.388 e. The first-order valence-electron chi connectivity index (χ1n) is 5.91. The molecule has 0 aliphatic rings. The molecule has 1 heterocycles. The fraction of sp³-hybridized carbons (Fsp3) is 0.267. The molecule has 18 heavy (non-hydrogen) atoms. The van der Waals surface area contributed by atoms with Crippen LogP contribution in [0.4, 0.5) is 4.39 Å². The molecule has 1 aromatic carbocycles. The summed E-state index contributed by atoms with van der Waals surface area (Å²) in [4.78, 5) is 3.99. The Morgan fingerprint density at radius 1 is 1.33 bits per heavy atom. The second-order valence-corrected chi connectivity index (χ2v) is 4.56. The molecule has 2 rings (SSSR count). The van der Waals surface area contributed by atoms with E-state index in [9.17, 15) is 9.50 Å². The Kier molecular flexibility index (Phi) is 3.72. The number of halogens is 1. The van der Waals surface area contributed by atoms with Gasteiger partial charge in [-0.1, -0.05) is 12.1 Å². The maximum atomic E-state index is 13.9. The van der Waals surface area contributed by atoms with E-state index >= 15 is 0 Å². The summed E-state index contributed by atoms with van der Waals surface area (Å²) in [6, 6.07) is 7.01. The molecule has 0 saturated heterocycles. The highest BCUT2D eigenvalue weighted by molar-refractivity contribution is 5.34. The van der Waals surface area contributed by atoms with Crippen LogP contribution in [0.15, 0.2) is 36.7 Å². The Balaban J connectivity index is 2.27. The number of nitrogens with zero attached hydrogens (tertiary/aromatic N) is 1. The number of hydrogen-bond donors (Lipinski definition) is 1. The van der Waals surface area contributed by atoms with Gasteiger partial charge in [-0.15, -0.1) is 0 Å². The molecule has 2 aromatic rings. The van der Waals surface area contributed by atoms with E-state index < -0.39 is 6.10 Å². The fourth-order valence-electron chi connectivity index (χ4n) is 2.19. The summed E-state index contributed by atoms with van der Waals surface area (Å²) in [6.07, 6.45) is 2.89. The molecule has 2 nitrogen and oxygen atoms in total. The van der Waals surface area contributed by atoms with Crippen molar-refractivity contribution in [3.05, 3.63) is 64.7 Å². The van der Waals surface area contributed by atoms with Gasteiger partial charge < -0.3 is 5.11 Å². The number of benzene rings is 1. The van der Waals surface area contributed by atoms with Crippen LogP contribution in [-0.4, -0.2) is 10.1 Å². The van der Waals surface area contributed by atoms with Gasteiger partial charge >= 0.3 is 0 Å². The van der Waals surface area contributed by atoms with Crippen LogP contribution < -0.4 is 0 Å². The average molecular weight is 245 g/mol. The van der Waals surface area contributed by atoms with E-state index in [1.807, 2.05) is 26.0 Å². The Labute approximate surface area is 106 Å². The van der Waals surface area contributed by atoms with Gasteiger partial charge in [-0.05, 0) is 42.7 Å². The molecule has 0 spiro atoms. The van der Waals surface area contributed by atoms with Gasteiger partial charge in [0.1, 0.15) is 5.82 Å². The lowest BCUT2D eigenvalue weighted by molar-refractivity contribution is 0.172. The predicted octanol–water partition coefficient (Wildman–Crippen LogP) is 3.11. The highest BCUT2D eigenvalue weighted by atomic mass is 19.1. The van der Waals surface area contributed by atoms with E-state index in [2.05, 4.69) is 4.98 Å². The van der Waals surface area contributed by atoms with Crippen LogP contribution in [0.5, 0.6) is 0 Å². The van der Waals surface area contributed by atoms with Crippen LogP contribution in [0.3, 0.4) is 0 Å². The summed E-state index contributed by atoms with van der Waals surface area (Å²) in [6.45, 7) is 3.66. The summed E-state index contributed by atoms with van der Waals surface area (Å²) in [7, 11) is 0. The molecular weight excluding hydrogens is 229 g/mol. The van der Waals surface area contributed by atoms with Crippen molar-refractivity contribution in [2.45, 2.75) is 26.4 Å². The maximum absolute atomic E-state index is 13.9. The average Bonchev–Trinajstić information content (AvgIpc) is 2.28. The molecule has 3 heteroatoms. The number of aliphatic hydroxyl groups is 1. The molecule has 0 aliphatic heterocycles. The SMILES string of the molecule is Cc1cc(C)c(C(O)Cc2cccnc2)c(F)c1. The van der Waals surface area contributed by atoms with Gasteiger partial charge in [0.15, 0.2) is 0 Å². The van der Waals surface area contributed by atoms with Crippen molar-refractivity contribution >= 4 is 0 Å². The number of pyridine rings is 1. The number of aliphatic hydroxyl groups excluding tert-OH is 1. The van der Waals surface area contributed by atoms with Crippen molar-refractivity contribution in [1.29, 1.82) is 0 Å². The maximum Gasteiger partial charge on any atom is 0.129 e. The smallest absolute Gasteiger partial charge is 0.129 e. The van der Waals surface area contributed by atoms with E-state index in [-0.39, 0.29) is 5.82 Å². The number of rotatable bonds is 3. The van der Waals surface area contributed by atoms with Crippen molar-refractivity contribution in [3.63, 3.8) is 0 Å². The van der Waals surface area contributed by atoms with Gasteiger partial charge in [-0.3, -0.25) is 4.98 Å². The largest absolute Gasteiger partial charge is 0.388 e. The van der Waals surface area contributed by atoms with E-state index in [4.69, 9.17) is 0 Å². The van der Waals surface area contributed by atoms with Crippen LogP contribution in [0.2, 0.25) is 0 Å². The molecular formula is C15H16FNO. The Morgan fingerprint density at radius 3 is 2.72 bits per heavy atom. The fourth-order valence-corrected chi connectivity index (χ4v) is 2.19. The van der Waals surface area contributed by atoms with Crippen molar-refractivity contribution in [1.82, 2.24) is 4.98 Å². The summed E-state index contributed by atoms with van der Waals surface area (Å²) < 4.78 is 13.9. The molecule has 1 atom stereocenters. The third-order valence-corrected chi connectivity index (χ3v) is 2.97. The molecule has 0 aliphatic carbocycles. The van der Waals surface area contributed by atoms with Gasteiger partial charge in [-0.2, -0.15) is 0 Å². The van der Waals surface area contributed by atoms with E-state index in [0.717, 1.165) is 16.7 Å². The minimum absolute atomic E-state index is 0.344. The van der Waals surface area contributed by atoms with E-state index in [1.165, 1.54) is 6.07 Å². The third-order valence-electron chi connectivity index (χ3n) is 2.97. The van der Waals surface area contributed by atoms with E-state index in [1.54, 1.807) is 18.5 Å². The lowest BCUT2D eigenvalue weighted by Crippen LogP contribution is -2.07. The Hall–Kier alpha value is -1.74. The molecule has 1 N–H and O–H groups in total. The zero-order valence-corrected chi connectivity index (χ0v) is 10.5. The molecule has 1 unspecified atom stereocenters. The van der Waals surface area contributed by atoms with Gasteiger partial charge in [0.25, 0.3) is 0 Å². The number of hydrogen-bond acceptors (Lipinski definition) is 2. The van der Waals surface area contributed by atoms with Crippen LogP contribution in [-0.2, 0) is 6.42 Å². The van der Waals surface area contributed by atoms with Gasteiger partial charge in [0.05, 0.1) is 6.10 Å². The topological polar surface area (TPSA) is 33.1 Å². The number of aryl methyl sites for hydroxylation is 2. The normalized spacial score (nSPS) is 12.4. The number of aromatic nitrogens is 1. The minimum atomic E-state index is -0.838. The monoisotopic (exact) mass is 245 g/mol. The lowest BCUT2D eigenvalue weighted by atomic mass is 9.96. The molecule has 0 fully saturated rings. The summed E-state index contributed by atoms with van der Waals surface area (Å²) in [5, 5.41) is 10.2. The van der Waals surface area contributed by atoms with Gasteiger partial charge in [0.2, 0.25) is 0 Å². The van der Waals surface area contributed by atoms with Crippen molar-refractivity contribution in [2.75, 3.05) is 0 Å². The summed E-state index contributed by atoms with van der Waals surface area (Å²) in [5.41, 5.74) is 2.92. The van der Waals surface area contributed by atoms with Crippen LogP contribution in [0, 0.1) is 19.7 Å². The van der Waals surface area contributed by atoms with Gasteiger partial charge in [-0.25, -0.2) is 4.39 Å². The molecule has 0 saturated carbocycles. The molecule has 1 aromatic heterocycles. The first kappa shape index (κ1) is 12.7. The zero-order chi connectivity index (χ0) is 13.1. The first-order valence-corrected chi connectivity index (χ1v) is 5.91. The van der Waals surface area contributed by atoms with E-state index in [0.29, 0.717) is 12.0 Å². The molecule has 0 radical (unpaired) electrons. The first-order chi connectivity index (χ1) is 8.58. The highest BCUT2D eigenvalue weighted by Gasteiger charge is 2.16. The van der Waals surface area contributed by atoms with Crippen LogP contribution >= 0.6 is 0 Å². The Bertz CT molecular complexity index is 516. The molecule has 0 bridgehead atoms. The summed E-state index contributed by atoms with van der Waals surface area (Å²) in [5.74, 6) is -0.344. The summed E-state index contributed by atoms with van der Waals surface area (Å²) >= 11 is 0. The zero-order valence-electron chi connectivity index (χ0n) is 10.5. The third kappa shape index (κ3) is 2.74. The molecule has 94 valence electrons. The standard InChI is InChI=1S/C15H16FNO/c1-10-6-11(2)15(13(16)7-10)14(18)8-12-4-3-5-17-9-12/h3-7,9,14,18H,8H2,1-2H3. The second kappa shape index (κ2) is 5.27. The lowest BCUT2D eigenvalue weighted by Gasteiger charge is -2.15. The van der Waals surface area contributed by atoms with Crippen molar-refractivity contribution in [2.24, 2.45) is 0 Å². The second-order valence-electron chi connectivity index (χ2n) is 4.56. The van der Waals surface area contributed by atoms with Crippen LogP contribution in [0.1, 0.15) is 28.4 Å². The van der Waals surface area contributed by atoms with Crippen LogP contribution in [0.25, 0.3) is 0 Å². The van der Waals surface area contributed by atoms with Crippen molar-refractivity contribution in [3.8, 4) is 0 Å².